The van der Waals surface area contributed by atoms with Gasteiger partial charge >= 0.3 is 13.1 Å². The van der Waals surface area contributed by atoms with Gasteiger partial charge in [-0.25, -0.2) is 4.79 Å². The number of carbonyl (C=O) groups excluding carboxylic acids is 1. The molecule has 1 aromatic carbocycles. The van der Waals surface area contributed by atoms with Crippen LogP contribution in [0.1, 0.15) is 22.8 Å². The third-order valence-electron chi connectivity index (χ3n) is 3.60. The number of esters is 1. The molecule has 0 amide bonds. The van der Waals surface area contributed by atoms with Gasteiger partial charge in [-0.15, -0.1) is 0 Å². The molecule has 1 heterocycles. The molecule has 1 aromatic rings. The smallest absolute Gasteiger partial charge is 0.478 e. The molecule has 20 heavy (non-hydrogen) atoms. The number of fused-ring (bicyclic) bond motifs is 3. The van der Waals surface area contributed by atoms with Gasteiger partial charge in [0.05, 0.1) is 12.7 Å². The maximum Gasteiger partial charge on any atom is 0.488 e. The van der Waals surface area contributed by atoms with Crippen molar-refractivity contribution in [3.05, 3.63) is 47.0 Å². The molecule has 6 heteroatoms. The summed E-state index contributed by atoms with van der Waals surface area (Å²) in [7, 11) is -0.196. The number of hydrogen-bond donors (Lipinski definition) is 2. The molecule has 1 aliphatic heterocycles. The number of hydrogen-bond acceptors (Lipinski definition) is 5. The standard InChI is InChI=1S/C14H13BO5/c1-14-7-9(15(17)18)6-11(14)10-4-3-8(13(16)19-2)5-12(10)20-14/h3-7,17-18H,1-2H3. The molecule has 1 atom stereocenters. The van der Waals surface area contributed by atoms with Crippen molar-refractivity contribution in [3.63, 3.8) is 0 Å². The first kappa shape index (κ1) is 13.0. The number of ether oxygens (including phenoxy) is 2. The molecule has 0 saturated carbocycles. The molecule has 0 aromatic heterocycles. The fourth-order valence-corrected chi connectivity index (χ4v) is 2.63. The number of allylic oxidation sites excluding steroid dienone is 2. The maximum atomic E-state index is 11.5. The highest BCUT2D eigenvalue weighted by Gasteiger charge is 2.43. The van der Waals surface area contributed by atoms with Crippen LogP contribution < -0.4 is 4.74 Å². The van der Waals surface area contributed by atoms with E-state index in [-0.39, 0.29) is 0 Å². The summed E-state index contributed by atoms with van der Waals surface area (Å²) in [4.78, 5) is 11.5. The van der Waals surface area contributed by atoms with Crippen LogP contribution in [0.5, 0.6) is 5.75 Å². The van der Waals surface area contributed by atoms with Crippen molar-refractivity contribution in [1.82, 2.24) is 0 Å². The molecule has 0 radical (unpaired) electrons. The lowest BCUT2D eigenvalue weighted by Gasteiger charge is -2.18. The highest BCUT2D eigenvalue weighted by molar-refractivity contribution is 6.52. The summed E-state index contributed by atoms with van der Waals surface area (Å²) in [5, 5.41) is 18.5. The molecule has 3 rings (SSSR count). The van der Waals surface area contributed by atoms with Crippen LogP contribution in [0.3, 0.4) is 0 Å². The Hall–Kier alpha value is -2.05. The molecular weight excluding hydrogens is 259 g/mol. The van der Waals surface area contributed by atoms with E-state index in [4.69, 9.17) is 4.74 Å². The van der Waals surface area contributed by atoms with E-state index in [0.717, 1.165) is 11.1 Å². The molecular formula is C14H13BO5. The van der Waals surface area contributed by atoms with Crippen LogP contribution >= 0.6 is 0 Å². The van der Waals surface area contributed by atoms with Gasteiger partial charge in [-0.05, 0) is 36.7 Å². The van der Waals surface area contributed by atoms with Crippen LogP contribution in [0.2, 0.25) is 0 Å². The summed E-state index contributed by atoms with van der Waals surface area (Å²) < 4.78 is 10.5. The van der Waals surface area contributed by atoms with Crippen LogP contribution in [0.25, 0.3) is 5.57 Å². The van der Waals surface area contributed by atoms with Crippen LogP contribution in [0.15, 0.2) is 35.8 Å². The van der Waals surface area contributed by atoms with E-state index in [2.05, 4.69) is 4.74 Å². The van der Waals surface area contributed by atoms with E-state index in [1.54, 1.807) is 30.4 Å². The summed E-state index contributed by atoms with van der Waals surface area (Å²) in [6, 6.07) is 5.07. The molecule has 102 valence electrons. The normalized spacial score (nSPS) is 22.4. The zero-order valence-corrected chi connectivity index (χ0v) is 11.1. The van der Waals surface area contributed by atoms with Crippen LogP contribution in [-0.4, -0.2) is 35.8 Å². The van der Waals surface area contributed by atoms with E-state index in [0.29, 0.717) is 16.8 Å². The Morgan fingerprint density at radius 3 is 2.80 bits per heavy atom. The predicted octanol–water partition coefficient (Wildman–Crippen LogP) is 0.960. The summed E-state index contributed by atoms with van der Waals surface area (Å²) >= 11 is 0. The molecule has 0 fully saturated rings. The summed E-state index contributed by atoms with van der Waals surface area (Å²) in [6.45, 7) is 1.84. The van der Waals surface area contributed by atoms with Gasteiger partial charge in [0, 0.05) is 11.1 Å². The quantitative estimate of drug-likeness (QED) is 0.619. The molecule has 1 unspecified atom stereocenters. The van der Waals surface area contributed by atoms with E-state index in [1.165, 1.54) is 7.11 Å². The van der Waals surface area contributed by atoms with Crippen molar-refractivity contribution in [3.8, 4) is 5.75 Å². The van der Waals surface area contributed by atoms with E-state index >= 15 is 0 Å². The van der Waals surface area contributed by atoms with Crippen molar-refractivity contribution in [2.75, 3.05) is 7.11 Å². The lowest BCUT2D eigenvalue weighted by Crippen LogP contribution is -2.25. The zero-order chi connectivity index (χ0) is 14.5. The second kappa shape index (κ2) is 4.23. The lowest BCUT2D eigenvalue weighted by molar-refractivity contribution is 0.0600. The Kier molecular flexibility index (Phi) is 2.74. The van der Waals surface area contributed by atoms with Gasteiger partial charge in [-0.3, -0.25) is 0 Å². The highest BCUT2D eigenvalue weighted by Crippen LogP contribution is 2.49. The molecule has 0 bridgehead atoms. The van der Waals surface area contributed by atoms with Gasteiger partial charge in [0.2, 0.25) is 0 Å². The Morgan fingerprint density at radius 2 is 2.15 bits per heavy atom. The number of rotatable bonds is 2. The van der Waals surface area contributed by atoms with Gasteiger partial charge in [0.1, 0.15) is 5.75 Å². The van der Waals surface area contributed by atoms with Crippen molar-refractivity contribution in [2.24, 2.45) is 0 Å². The minimum absolute atomic E-state index is 0.408. The first-order valence-electron chi connectivity index (χ1n) is 6.17. The molecule has 1 aliphatic carbocycles. The van der Waals surface area contributed by atoms with E-state index in [1.807, 2.05) is 6.92 Å². The minimum atomic E-state index is -1.52. The monoisotopic (exact) mass is 272 g/mol. The van der Waals surface area contributed by atoms with Gasteiger partial charge in [-0.2, -0.15) is 0 Å². The second-order valence-corrected chi connectivity index (χ2v) is 4.99. The molecule has 0 saturated heterocycles. The zero-order valence-electron chi connectivity index (χ0n) is 11.1. The molecule has 5 nitrogen and oxygen atoms in total. The second-order valence-electron chi connectivity index (χ2n) is 4.99. The Labute approximate surface area is 116 Å². The summed E-state index contributed by atoms with van der Waals surface area (Å²) in [6.07, 6.45) is 3.37. The molecule has 2 aliphatic rings. The Balaban J connectivity index is 2.03. The van der Waals surface area contributed by atoms with Crippen LogP contribution in [0.4, 0.5) is 0 Å². The average Bonchev–Trinajstić information content (AvgIpc) is 2.87. The third kappa shape index (κ3) is 1.77. The first-order chi connectivity index (χ1) is 9.44. The fraction of sp³-hybridized carbons (Fsp3) is 0.214. The maximum absolute atomic E-state index is 11.5. The fourth-order valence-electron chi connectivity index (χ4n) is 2.63. The van der Waals surface area contributed by atoms with Crippen molar-refractivity contribution in [1.29, 1.82) is 0 Å². The minimum Gasteiger partial charge on any atom is -0.478 e. The van der Waals surface area contributed by atoms with Crippen molar-refractivity contribution in [2.45, 2.75) is 12.5 Å². The number of methoxy groups -OCH3 is 1. The van der Waals surface area contributed by atoms with Gasteiger partial charge < -0.3 is 19.5 Å². The lowest BCUT2D eigenvalue weighted by atomic mass is 9.80. The first-order valence-corrected chi connectivity index (χ1v) is 6.17. The average molecular weight is 272 g/mol. The highest BCUT2D eigenvalue weighted by atomic mass is 16.5. The predicted molar refractivity (Wildman–Crippen MR) is 73.1 cm³/mol. The van der Waals surface area contributed by atoms with Crippen molar-refractivity contribution >= 4 is 18.7 Å². The molecule has 0 spiro atoms. The Bertz CT molecular complexity index is 662. The van der Waals surface area contributed by atoms with E-state index in [9.17, 15) is 14.8 Å². The van der Waals surface area contributed by atoms with E-state index < -0.39 is 18.7 Å². The summed E-state index contributed by atoms with van der Waals surface area (Å²) in [5.41, 5.74) is 1.79. The van der Waals surface area contributed by atoms with Gasteiger partial charge in [0.15, 0.2) is 5.60 Å². The van der Waals surface area contributed by atoms with Crippen LogP contribution in [-0.2, 0) is 4.74 Å². The topological polar surface area (TPSA) is 76.0 Å². The van der Waals surface area contributed by atoms with Gasteiger partial charge in [0.25, 0.3) is 0 Å². The SMILES string of the molecule is COC(=O)c1ccc2c(c1)OC1(C)C=C(B(O)O)C=C21. The number of carbonyl (C=O) groups is 1. The number of benzene rings is 1. The van der Waals surface area contributed by atoms with Crippen LogP contribution in [0, 0.1) is 0 Å². The van der Waals surface area contributed by atoms with Crippen molar-refractivity contribution < 1.29 is 24.3 Å². The largest absolute Gasteiger partial charge is 0.488 e. The van der Waals surface area contributed by atoms with Gasteiger partial charge in [-0.1, -0.05) is 6.08 Å². The third-order valence-corrected chi connectivity index (χ3v) is 3.60. The molecule has 2 N–H and O–H groups in total. The Morgan fingerprint density at radius 1 is 1.40 bits per heavy atom. The summed E-state index contributed by atoms with van der Waals surface area (Å²) in [5.74, 6) is 0.166.